The molecule has 0 unspecified atom stereocenters. The zero-order chi connectivity index (χ0) is 24.4. The van der Waals surface area contributed by atoms with Gasteiger partial charge in [-0.2, -0.15) is 0 Å². The molecule has 34 heavy (non-hydrogen) atoms. The van der Waals surface area contributed by atoms with E-state index in [-0.39, 0.29) is 17.4 Å². The van der Waals surface area contributed by atoms with Crippen LogP contribution in [0.15, 0.2) is 48.0 Å². The van der Waals surface area contributed by atoms with Crippen molar-refractivity contribution in [3.8, 4) is 11.5 Å². The zero-order valence-corrected chi connectivity index (χ0v) is 20.2. The molecule has 2 aromatic carbocycles. The SMILES string of the molecule is CCOc1cccc([C@@H]2C(=C(O)c3ccc4c(c3)C[C@H](C)O4)C(=O)C(=O)N2CCCN(C)C)c1. The first-order valence-corrected chi connectivity index (χ1v) is 11.8. The lowest BCUT2D eigenvalue weighted by molar-refractivity contribution is -0.139. The van der Waals surface area contributed by atoms with Crippen LogP contribution in [0.25, 0.3) is 5.76 Å². The number of ether oxygens (including phenoxy) is 2. The third-order valence-electron chi connectivity index (χ3n) is 6.20. The maximum Gasteiger partial charge on any atom is 0.295 e. The largest absolute Gasteiger partial charge is 0.507 e. The lowest BCUT2D eigenvalue weighted by Crippen LogP contribution is -2.32. The van der Waals surface area contributed by atoms with Gasteiger partial charge >= 0.3 is 0 Å². The quantitative estimate of drug-likeness (QED) is 0.364. The maximum atomic E-state index is 13.2. The Labute approximate surface area is 200 Å². The average Bonchev–Trinajstić information content (AvgIpc) is 3.29. The van der Waals surface area contributed by atoms with Gasteiger partial charge < -0.3 is 24.4 Å². The summed E-state index contributed by atoms with van der Waals surface area (Å²) < 4.78 is 11.4. The van der Waals surface area contributed by atoms with Gasteiger partial charge in [-0.1, -0.05) is 12.1 Å². The molecule has 0 saturated carbocycles. The van der Waals surface area contributed by atoms with Crippen molar-refractivity contribution in [2.24, 2.45) is 0 Å². The molecule has 2 heterocycles. The van der Waals surface area contributed by atoms with Crippen LogP contribution in [0.5, 0.6) is 11.5 Å². The Kier molecular flexibility index (Phi) is 6.93. The average molecular weight is 465 g/mol. The van der Waals surface area contributed by atoms with Crippen LogP contribution in [-0.4, -0.2) is 66.5 Å². The molecule has 0 spiro atoms. The van der Waals surface area contributed by atoms with Crippen molar-refractivity contribution in [3.05, 3.63) is 64.7 Å². The van der Waals surface area contributed by atoms with Crippen LogP contribution in [0.2, 0.25) is 0 Å². The van der Waals surface area contributed by atoms with Crippen molar-refractivity contribution in [1.82, 2.24) is 9.80 Å². The fraction of sp³-hybridized carbons (Fsp3) is 0.407. The Balaban J connectivity index is 1.79. The first kappa shape index (κ1) is 23.8. The third-order valence-corrected chi connectivity index (χ3v) is 6.20. The molecule has 2 aromatic rings. The Hall–Kier alpha value is -3.32. The standard InChI is InChI=1S/C27H32N2O5/c1-5-33-21-9-6-8-18(16-21)24-23(26(31)27(32)29(24)13-7-12-28(3)4)25(30)19-10-11-22-20(15-19)14-17(2)34-22/h6,8-11,15-17,24,30H,5,7,12-14H2,1-4H3/t17-,24+/m0/s1. The molecule has 2 aliphatic heterocycles. The normalized spacial score (nSPS) is 21.1. The van der Waals surface area contributed by atoms with E-state index >= 15 is 0 Å². The van der Waals surface area contributed by atoms with Gasteiger partial charge in [0, 0.05) is 18.5 Å². The fourth-order valence-corrected chi connectivity index (χ4v) is 4.68. The summed E-state index contributed by atoms with van der Waals surface area (Å²) in [6, 6.07) is 12.1. The molecule has 180 valence electrons. The van der Waals surface area contributed by atoms with Gasteiger partial charge in [-0.05, 0) is 82.4 Å². The number of fused-ring (bicyclic) bond motifs is 1. The van der Waals surface area contributed by atoms with E-state index in [1.165, 1.54) is 0 Å². The number of nitrogens with zero attached hydrogens (tertiary/aromatic N) is 2. The summed E-state index contributed by atoms with van der Waals surface area (Å²) in [4.78, 5) is 30.0. The minimum absolute atomic E-state index is 0.0657. The van der Waals surface area contributed by atoms with E-state index in [1.807, 2.05) is 69.2 Å². The highest BCUT2D eigenvalue weighted by Crippen LogP contribution is 2.41. The predicted octanol–water partition coefficient (Wildman–Crippen LogP) is 3.78. The van der Waals surface area contributed by atoms with E-state index in [1.54, 1.807) is 11.0 Å². The number of ketones is 1. The van der Waals surface area contributed by atoms with Gasteiger partial charge in [0.2, 0.25) is 0 Å². The van der Waals surface area contributed by atoms with Gasteiger partial charge in [-0.25, -0.2) is 0 Å². The number of aliphatic hydroxyl groups is 1. The highest BCUT2D eigenvalue weighted by Gasteiger charge is 2.46. The van der Waals surface area contributed by atoms with Crippen molar-refractivity contribution in [1.29, 1.82) is 0 Å². The van der Waals surface area contributed by atoms with Crippen molar-refractivity contribution in [2.45, 2.75) is 38.8 Å². The minimum Gasteiger partial charge on any atom is -0.507 e. The van der Waals surface area contributed by atoms with Crippen LogP contribution < -0.4 is 9.47 Å². The van der Waals surface area contributed by atoms with Crippen LogP contribution in [0.4, 0.5) is 0 Å². The smallest absolute Gasteiger partial charge is 0.295 e. The van der Waals surface area contributed by atoms with Gasteiger partial charge in [-0.15, -0.1) is 0 Å². The fourth-order valence-electron chi connectivity index (χ4n) is 4.68. The van der Waals surface area contributed by atoms with E-state index in [0.717, 1.165) is 29.8 Å². The van der Waals surface area contributed by atoms with Crippen LogP contribution in [0, 0.1) is 0 Å². The Morgan fingerprint density at radius 3 is 2.74 bits per heavy atom. The number of carbonyl (C=O) groups excluding carboxylic acids is 2. The van der Waals surface area contributed by atoms with E-state index in [4.69, 9.17) is 9.47 Å². The number of benzene rings is 2. The van der Waals surface area contributed by atoms with Crippen molar-refractivity contribution in [2.75, 3.05) is 33.8 Å². The molecule has 7 heteroatoms. The summed E-state index contributed by atoms with van der Waals surface area (Å²) in [6.45, 7) is 5.57. The molecule has 0 radical (unpaired) electrons. The van der Waals surface area contributed by atoms with E-state index in [0.29, 0.717) is 30.9 Å². The van der Waals surface area contributed by atoms with Crippen molar-refractivity contribution < 1.29 is 24.2 Å². The molecule has 2 atom stereocenters. The van der Waals surface area contributed by atoms with Crippen LogP contribution >= 0.6 is 0 Å². The summed E-state index contributed by atoms with van der Waals surface area (Å²) in [5, 5.41) is 11.3. The van der Waals surface area contributed by atoms with Gasteiger partial charge in [-0.3, -0.25) is 9.59 Å². The molecule has 7 nitrogen and oxygen atoms in total. The first-order chi connectivity index (χ1) is 16.3. The molecule has 0 aromatic heterocycles. The lowest BCUT2D eigenvalue weighted by atomic mass is 9.94. The highest BCUT2D eigenvalue weighted by atomic mass is 16.5. The molecular formula is C27H32N2O5. The monoisotopic (exact) mass is 464 g/mol. The summed E-state index contributed by atoms with van der Waals surface area (Å²) >= 11 is 0. The Morgan fingerprint density at radius 1 is 1.21 bits per heavy atom. The van der Waals surface area contributed by atoms with Gasteiger partial charge in [0.1, 0.15) is 23.4 Å². The maximum absolute atomic E-state index is 13.2. The molecule has 1 N–H and O–H groups in total. The summed E-state index contributed by atoms with van der Waals surface area (Å²) in [7, 11) is 3.94. The second-order valence-corrected chi connectivity index (χ2v) is 9.11. The second kappa shape index (κ2) is 9.89. The van der Waals surface area contributed by atoms with Gasteiger partial charge in [0.15, 0.2) is 0 Å². The first-order valence-electron chi connectivity index (χ1n) is 11.8. The molecule has 1 fully saturated rings. The number of hydrogen-bond acceptors (Lipinski definition) is 6. The van der Waals surface area contributed by atoms with Gasteiger partial charge in [0.05, 0.1) is 18.2 Å². The number of aliphatic hydroxyl groups excluding tert-OH is 1. The number of hydrogen-bond donors (Lipinski definition) is 1. The zero-order valence-electron chi connectivity index (χ0n) is 20.2. The van der Waals surface area contributed by atoms with Crippen molar-refractivity contribution in [3.63, 3.8) is 0 Å². The summed E-state index contributed by atoms with van der Waals surface area (Å²) in [5.74, 6) is 0.0174. The number of Topliss-reactive ketones (excluding diaryl/α,β-unsaturated/α-hetero) is 1. The van der Waals surface area contributed by atoms with Crippen LogP contribution in [-0.2, 0) is 16.0 Å². The van der Waals surface area contributed by atoms with Crippen molar-refractivity contribution >= 4 is 17.4 Å². The van der Waals surface area contributed by atoms with Gasteiger partial charge in [0.25, 0.3) is 11.7 Å². The number of rotatable bonds is 8. The number of amides is 1. The topological polar surface area (TPSA) is 79.3 Å². The third kappa shape index (κ3) is 4.66. The van der Waals surface area contributed by atoms with E-state index in [2.05, 4.69) is 0 Å². The molecule has 1 amide bonds. The lowest BCUT2D eigenvalue weighted by Gasteiger charge is -2.26. The van der Waals surface area contributed by atoms with E-state index in [9.17, 15) is 14.7 Å². The van der Waals surface area contributed by atoms with Crippen LogP contribution in [0.3, 0.4) is 0 Å². The molecule has 2 aliphatic rings. The summed E-state index contributed by atoms with van der Waals surface area (Å²) in [5.41, 5.74) is 2.32. The predicted molar refractivity (Wildman–Crippen MR) is 130 cm³/mol. The molecular weight excluding hydrogens is 432 g/mol. The summed E-state index contributed by atoms with van der Waals surface area (Å²) in [6.07, 6.45) is 1.50. The number of likely N-dealkylation sites (tertiary alicyclic amines) is 1. The van der Waals surface area contributed by atoms with E-state index < -0.39 is 17.7 Å². The second-order valence-electron chi connectivity index (χ2n) is 9.11. The Bertz CT molecular complexity index is 1120. The highest BCUT2D eigenvalue weighted by molar-refractivity contribution is 6.46. The molecule has 4 rings (SSSR count). The molecule has 0 aliphatic carbocycles. The molecule has 0 bridgehead atoms. The number of carbonyl (C=O) groups is 2. The Morgan fingerprint density at radius 2 is 2.00 bits per heavy atom. The minimum atomic E-state index is -0.689. The van der Waals surface area contributed by atoms with Crippen LogP contribution in [0.1, 0.15) is 43.0 Å². The molecule has 1 saturated heterocycles.